The van der Waals surface area contributed by atoms with Crippen LogP contribution in [-0.2, 0) is 7.05 Å². The Kier molecular flexibility index (Phi) is 4.98. The SMILES string of the molecule is Cc1ccc(NC(=O)c2ccnn2C)cc1Oc1ncccc1-c1ccncn1. The molecule has 4 rings (SSSR count). The Morgan fingerprint density at radius 3 is 2.72 bits per heavy atom. The number of nitrogens with zero attached hydrogens (tertiary/aromatic N) is 5. The molecule has 3 aromatic heterocycles. The first-order valence-corrected chi connectivity index (χ1v) is 8.91. The minimum atomic E-state index is -0.251. The molecule has 29 heavy (non-hydrogen) atoms. The number of aryl methyl sites for hydroxylation is 2. The van der Waals surface area contributed by atoms with Crippen molar-refractivity contribution in [3.8, 4) is 22.9 Å². The summed E-state index contributed by atoms with van der Waals surface area (Å²) in [7, 11) is 1.72. The van der Waals surface area contributed by atoms with Gasteiger partial charge in [0, 0.05) is 37.4 Å². The molecule has 0 saturated carbocycles. The molecular weight excluding hydrogens is 368 g/mol. The third kappa shape index (κ3) is 3.96. The van der Waals surface area contributed by atoms with Crippen molar-refractivity contribution in [2.75, 3.05) is 5.32 Å². The zero-order valence-corrected chi connectivity index (χ0v) is 15.9. The maximum absolute atomic E-state index is 12.5. The molecule has 0 bridgehead atoms. The van der Waals surface area contributed by atoms with Crippen molar-refractivity contribution in [1.29, 1.82) is 0 Å². The number of anilines is 1. The molecule has 3 heterocycles. The molecule has 1 aromatic carbocycles. The highest BCUT2D eigenvalue weighted by atomic mass is 16.5. The smallest absolute Gasteiger partial charge is 0.273 e. The number of pyridine rings is 1. The quantitative estimate of drug-likeness (QED) is 0.563. The van der Waals surface area contributed by atoms with Crippen molar-refractivity contribution in [3.63, 3.8) is 0 Å². The number of hydrogen-bond donors (Lipinski definition) is 1. The molecule has 0 unspecified atom stereocenters. The van der Waals surface area contributed by atoms with E-state index in [0.29, 0.717) is 28.7 Å². The molecule has 0 atom stereocenters. The van der Waals surface area contributed by atoms with Gasteiger partial charge >= 0.3 is 0 Å². The zero-order valence-electron chi connectivity index (χ0n) is 15.9. The molecular formula is C21H18N6O2. The Hall–Kier alpha value is -4.07. The number of carbonyl (C=O) groups excluding carboxylic acids is 1. The van der Waals surface area contributed by atoms with Gasteiger partial charge in [-0.25, -0.2) is 15.0 Å². The highest BCUT2D eigenvalue weighted by molar-refractivity contribution is 6.03. The first kappa shape index (κ1) is 18.3. The lowest BCUT2D eigenvalue weighted by Crippen LogP contribution is -2.16. The Bertz CT molecular complexity index is 1160. The standard InChI is InChI=1S/C21H18N6O2/c1-14-5-6-15(26-20(28)18-8-11-25-27(18)2)12-19(14)29-21-16(4-3-9-23-21)17-7-10-22-13-24-17/h3-13H,1-2H3,(H,26,28). The van der Waals surface area contributed by atoms with Crippen LogP contribution in [0, 0.1) is 6.92 Å². The summed E-state index contributed by atoms with van der Waals surface area (Å²) in [5.41, 5.74) is 3.43. The number of rotatable bonds is 5. The van der Waals surface area contributed by atoms with E-state index in [1.165, 1.54) is 11.0 Å². The molecule has 0 spiro atoms. The summed E-state index contributed by atoms with van der Waals surface area (Å²) >= 11 is 0. The maximum Gasteiger partial charge on any atom is 0.273 e. The summed E-state index contributed by atoms with van der Waals surface area (Å²) < 4.78 is 7.61. The number of aromatic nitrogens is 5. The van der Waals surface area contributed by atoms with Gasteiger partial charge in [0.05, 0.1) is 11.3 Å². The normalized spacial score (nSPS) is 10.6. The largest absolute Gasteiger partial charge is 0.438 e. The monoisotopic (exact) mass is 386 g/mol. The van der Waals surface area contributed by atoms with Gasteiger partial charge < -0.3 is 10.1 Å². The van der Waals surface area contributed by atoms with Crippen LogP contribution >= 0.6 is 0 Å². The second kappa shape index (κ2) is 7.89. The average Bonchev–Trinajstić information content (AvgIpc) is 3.17. The first-order valence-electron chi connectivity index (χ1n) is 8.91. The number of carbonyl (C=O) groups is 1. The first-order chi connectivity index (χ1) is 14.1. The topological polar surface area (TPSA) is 94.8 Å². The minimum absolute atomic E-state index is 0.251. The summed E-state index contributed by atoms with van der Waals surface area (Å²) in [5.74, 6) is 0.755. The molecule has 1 amide bonds. The fourth-order valence-electron chi connectivity index (χ4n) is 2.80. The lowest BCUT2D eigenvalue weighted by Gasteiger charge is -2.13. The molecule has 0 saturated heterocycles. The van der Waals surface area contributed by atoms with E-state index < -0.39 is 0 Å². The molecule has 8 heteroatoms. The Balaban J connectivity index is 1.61. The van der Waals surface area contributed by atoms with Crippen LogP contribution in [-0.4, -0.2) is 30.6 Å². The lowest BCUT2D eigenvalue weighted by atomic mass is 10.2. The third-order valence-electron chi connectivity index (χ3n) is 4.34. The predicted octanol–water partition coefficient (Wildman–Crippen LogP) is 3.63. The van der Waals surface area contributed by atoms with Gasteiger partial charge in [-0.15, -0.1) is 0 Å². The second-order valence-electron chi connectivity index (χ2n) is 6.33. The maximum atomic E-state index is 12.5. The van der Waals surface area contributed by atoms with Crippen LogP contribution in [0.1, 0.15) is 16.1 Å². The van der Waals surface area contributed by atoms with Gasteiger partial charge in [0.15, 0.2) is 0 Å². The highest BCUT2D eigenvalue weighted by Crippen LogP contribution is 2.32. The van der Waals surface area contributed by atoms with Crippen molar-refractivity contribution >= 4 is 11.6 Å². The van der Waals surface area contributed by atoms with E-state index in [9.17, 15) is 4.79 Å². The van der Waals surface area contributed by atoms with Gasteiger partial charge in [0.1, 0.15) is 17.8 Å². The van der Waals surface area contributed by atoms with Crippen molar-refractivity contribution in [1.82, 2.24) is 24.7 Å². The zero-order chi connectivity index (χ0) is 20.2. The van der Waals surface area contributed by atoms with E-state index >= 15 is 0 Å². The molecule has 1 N–H and O–H groups in total. The minimum Gasteiger partial charge on any atom is -0.438 e. The molecule has 0 aliphatic heterocycles. The van der Waals surface area contributed by atoms with Crippen molar-refractivity contribution in [3.05, 3.63) is 78.6 Å². The fraction of sp³-hybridized carbons (Fsp3) is 0.0952. The number of amides is 1. The fourth-order valence-corrected chi connectivity index (χ4v) is 2.80. The van der Waals surface area contributed by atoms with Crippen LogP contribution in [0.15, 0.2) is 67.4 Å². The van der Waals surface area contributed by atoms with Gasteiger partial charge in [-0.05, 0) is 42.8 Å². The highest BCUT2D eigenvalue weighted by Gasteiger charge is 2.14. The van der Waals surface area contributed by atoms with Gasteiger partial charge in [0.2, 0.25) is 5.88 Å². The lowest BCUT2D eigenvalue weighted by molar-refractivity contribution is 0.101. The third-order valence-corrected chi connectivity index (χ3v) is 4.34. The average molecular weight is 386 g/mol. The van der Waals surface area contributed by atoms with Gasteiger partial charge in [0.25, 0.3) is 5.91 Å². The Labute approximate surface area is 167 Å². The summed E-state index contributed by atoms with van der Waals surface area (Å²) in [5, 5.41) is 6.88. The van der Waals surface area contributed by atoms with E-state index in [-0.39, 0.29) is 5.91 Å². The molecule has 144 valence electrons. The van der Waals surface area contributed by atoms with Crippen molar-refractivity contribution < 1.29 is 9.53 Å². The van der Waals surface area contributed by atoms with E-state index in [0.717, 1.165) is 11.1 Å². The van der Waals surface area contributed by atoms with Crippen LogP contribution in [0.2, 0.25) is 0 Å². The summed E-state index contributed by atoms with van der Waals surface area (Å²) in [4.78, 5) is 25.0. The van der Waals surface area contributed by atoms with Crippen LogP contribution in [0.4, 0.5) is 5.69 Å². The number of benzene rings is 1. The Morgan fingerprint density at radius 2 is 1.97 bits per heavy atom. The number of nitrogens with one attached hydrogen (secondary N) is 1. The van der Waals surface area contributed by atoms with Crippen molar-refractivity contribution in [2.24, 2.45) is 7.05 Å². The van der Waals surface area contributed by atoms with Gasteiger partial charge in [-0.2, -0.15) is 5.10 Å². The summed E-state index contributed by atoms with van der Waals surface area (Å²) in [6, 6.07) is 12.6. The second-order valence-corrected chi connectivity index (χ2v) is 6.33. The number of hydrogen-bond acceptors (Lipinski definition) is 6. The summed E-state index contributed by atoms with van der Waals surface area (Å²) in [6.45, 7) is 1.93. The van der Waals surface area contributed by atoms with E-state index in [2.05, 4.69) is 25.4 Å². The van der Waals surface area contributed by atoms with Crippen LogP contribution in [0.5, 0.6) is 11.6 Å². The van der Waals surface area contributed by atoms with Crippen molar-refractivity contribution in [2.45, 2.75) is 6.92 Å². The number of ether oxygens (including phenoxy) is 1. The van der Waals surface area contributed by atoms with E-state index in [1.54, 1.807) is 43.8 Å². The van der Waals surface area contributed by atoms with Crippen LogP contribution < -0.4 is 10.1 Å². The molecule has 0 fully saturated rings. The molecule has 8 nitrogen and oxygen atoms in total. The molecule has 0 aliphatic carbocycles. The molecule has 4 aromatic rings. The van der Waals surface area contributed by atoms with Crippen LogP contribution in [0.25, 0.3) is 11.3 Å². The molecule has 0 aliphatic rings. The van der Waals surface area contributed by atoms with Gasteiger partial charge in [-0.1, -0.05) is 6.07 Å². The Morgan fingerprint density at radius 1 is 1.07 bits per heavy atom. The summed E-state index contributed by atoms with van der Waals surface area (Å²) in [6.07, 6.45) is 6.38. The van der Waals surface area contributed by atoms with Crippen LogP contribution in [0.3, 0.4) is 0 Å². The van der Waals surface area contributed by atoms with E-state index in [1.807, 2.05) is 31.2 Å². The molecule has 0 radical (unpaired) electrons. The van der Waals surface area contributed by atoms with Gasteiger partial charge in [-0.3, -0.25) is 9.48 Å². The predicted molar refractivity (Wildman–Crippen MR) is 108 cm³/mol. The van der Waals surface area contributed by atoms with E-state index in [4.69, 9.17) is 4.74 Å².